The van der Waals surface area contributed by atoms with Crippen molar-refractivity contribution in [2.75, 3.05) is 30.9 Å². The van der Waals surface area contributed by atoms with E-state index in [1.165, 1.54) is 0 Å². The number of aryl methyl sites for hydroxylation is 2. The lowest BCUT2D eigenvalue weighted by Gasteiger charge is -2.14. The molecule has 1 aromatic heterocycles. The van der Waals surface area contributed by atoms with Gasteiger partial charge < -0.3 is 15.4 Å². The van der Waals surface area contributed by atoms with Gasteiger partial charge in [0, 0.05) is 49.9 Å². The van der Waals surface area contributed by atoms with E-state index in [0.717, 1.165) is 16.8 Å². The molecule has 1 heterocycles. The van der Waals surface area contributed by atoms with Crippen molar-refractivity contribution in [3.8, 4) is 0 Å². The maximum Gasteiger partial charge on any atom is 0.240 e. The van der Waals surface area contributed by atoms with E-state index in [9.17, 15) is 16.8 Å². The number of methoxy groups -OCH3 is 1. The summed E-state index contributed by atoms with van der Waals surface area (Å²) in [7, 11) is -5.40. The third kappa shape index (κ3) is 7.96. The van der Waals surface area contributed by atoms with E-state index in [0.29, 0.717) is 42.9 Å². The normalized spacial score (nSPS) is 13.8. The molecule has 0 amide bonds. The van der Waals surface area contributed by atoms with E-state index in [1.807, 2.05) is 31.2 Å². The Bertz CT molecular complexity index is 1530. The quantitative estimate of drug-likeness (QED) is 0.212. The summed E-state index contributed by atoms with van der Waals surface area (Å²) < 4.78 is 60.2. The number of hydrogen-bond donors (Lipinski definition) is 4. The molecule has 4 N–H and O–H groups in total. The Morgan fingerprint density at radius 2 is 1.72 bits per heavy atom. The van der Waals surface area contributed by atoms with Gasteiger partial charge in [-0.05, 0) is 68.5 Å². The lowest BCUT2D eigenvalue weighted by atomic mass is 10.2. The second-order valence-electron chi connectivity index (χ2n) is 9.47. The second kappa shape index (κ2) is 12.4. The van der Waals surface area contributed by atoms with Gasteiger partial charge in [-0.2, -0.15) is 4.98 Å². The number of rotatable bonds is 14. The van der Waals surface area contributed by atoms with Gasteiger partial charge in [0.25, 0.3) is 0 Å². The first-order valence-corrected chi connectivity index (χ1v) is 15.6. The predicted molar refractivity (Wildman–Crippen MR) is 151 cm³/mol. The van der Waals surface area contributed by atoms with Crippen LogP contribution < -0.4 is 20.1 Å². The Morgan fingerprint density at radius 3 is 2.46 bits per heavy atom. The molecule has 0 spiro atoms. The molecule has 1 aliphatic carbocycles. The van der Waals surface area contributed by atoms with Crippen molar-refractivity contribution in [3.63, 3.8) is 0 Å². The van der Waals surface area contributed by atoms with E-state index in [2.05, 4.69) is 30.0 Å². The maximum atomic E-state index is 12.8. The van der Waals surface area contributed by atoms with Crippen LogP contribution in [0.4, 0.5) is 23.1 Å². The fourth-order valence-electron chi connectivity index (χ4n) is 3.80. The van der Waals surface area contributed by atoms with Gasteiger partial charge in [-0.1, -0.05) is 18.2 Å². The second-order valence-corrected chi connectivity index (χ2v) is 13.2. The van der Waals surface area contributed by atoms with Crippen LogP contribution in [0.25, 0.3) is 0 Å². The number of sulfonamides is 2. The molecule has 210 valence electrons. The van der Waals surface area contributed by atoms with Crippen molar-refractivity contribution in [1.29, 1.82) is 0 Å². The number of hydrogen-bond acceptors (Lipinski definition) is 9. The van der Waals surface area contributed by atoms with Crippen molar-refractivity contribution in [3.05, 3.63) is 65.4 Å². The molecule has 4 rings (SSSR count). The van der Waals surface area contributed by atoms with Crippen LogP contribution in [0.2, 0.25) is 0 Å². The lowest BCUT2D eigenvalue weighted by molar-refractivity contribution is 0.196. The Hall–Kier alpha value is -3.10. The van der Waals surface area contributed by atoms with Gasteiger partial charge in [-0.15, -0.1) is 0 Å². The largest absolute Gasteiger partial charge is 0.385 e. The Kier molecular flexibility index (Phi) is 9.18. The highest BCUT2D eigenvalue weighted by Gasteiger charge is 2.35. The van der Waals surface area contributed by atoms with Crippen LogP contribution in [0.3, 0.4) is 0 Å². The number of anilines is 4. The summed E-state index contributed by atoms with van der Waals surface area (Å²) in [5, 5.41) is 6.08. The smallest absolute Gasteiger partial charge is 0.240 e. The topological polar surface area (TPSA) is 151 Å². The fraction of sp³-hybridized carbons (Fsp3) is 0.385. The van der Waals surface area contributed by atoms with E-state index < -0.39 is 20.0 Å². The highest BCUT2D eigenvalue weighted by Crippen LogP contribution is 2.28. The fourth-order valence-corrected chi connectivity index (χ4v) is 6.50. The van der Waals surface area contributed by atoms with Crippen LogP contribution >= 0.6 is 0 Å². The number of ether oxygens (including phenoxy) is 1. The highest BCUT2D eigenvalue weighted by atomic mass is 32.2. The minimum atomic E-state index is -3.70. The first-order valence-electron chi connectivity index (χ1n) is 12.6. The number of aromatic nitrogens is 2. The number of nitrogens with one attached hydrogen (secondary N) is 4. The van der Waals surface area contributed by atoms with Crippen molar-refractivity contribution in [1.82, 2.24) is 19.4 Å². The van der Waals surface area contributed by atoms with E-state index in [-0.39, 0.29) is 29.2 Å². The molecular formula is C26H34N6O5S2. The average Bonchev–Trinajstić information content (AvgIpc) is 3.75. The summed E-state index contributed by atoms with van der Waals surface area (Å²) in [6.07, 6.45) is 3.66. The van der Waals surface area contributed by atoms with Gasteiger partial charge >= 0.3 is 0 Å². The molecule has 0 aliphatic heterocycles. The van der Waals surface area contributed by atoms with Gasteiger partial charge in [0.05, 0.1) is 10.1 Å². The van der Waals surface area contributed by atoms with Gasteiger partial charge in [0.15, 0.2) is 0 Å². The highest BCUT2D eigenvalue weighted by molar-refractivity contribution is 7.90. The molecular weight excluding hydrogens is 540 g/mol. The maximum absolute atomic E-state index is 12.8. The molecule has 0 atom stereocenters. The van der Waals surface area contributed by atoms with Crippen molar-refractivity contribution in [2.24, 2.45) is 0 Å². The summed E-state index contributed by atoms with van der Waals surface area (Å²) >= 11 is 0. The summed E-state index contributed by atoms with van der Waals surface area (Å²) in [6.45, 7) is 4.56. The van der Waals surface area contributed by atoms with E-state index >= 15 is 0 Å². The monoisotopic (exact) mass is 574 g/mol. The van der Waals surface area contributed by atoms with E-state index in [1.54, 1.807) is 38.4 Å². The minimum absolute atomic E-state index is 0.171. The Balaban J connectivity index is 1.46. The molecule has 0 unspecified atom stereocenters. The molecule has 11 nitrogen and oxygen atoms in total. The van der Waals surface area contributed by atoms with Crippen molar-refractivity contribution in [2.45, 2.75) is 49.8 Å². The first-order chi connectivity index (χ1) is 18.6. The molecule has 39 heavy (non-hydrogen) atoms. The van der Waals surface area contributed by atoms with Gasteiger partial charge in [0.1, 0.15) is 5.82 Å². The van der Waals surface area contributed by atoms with Gasteiger partial charge in [-0.3, -0.25) is 0 Å². The summed E-state index contributed by atoms with van der Waals surface area (Å²) in [5.41, 5.74) is 3.50. The average molecular weight is 575 g/mol. The van der Waals surface area contributed by atoms with Crippen LogP contribution in [0, 0.1) is 13.8 Å². The third-order valence-electron chi connectivity index (χ3n) is 6.15. The molecule has 0 saturated heterocycles. The molecule has 1 aliphatic rings. The Labute approximate surface area is 229 Å². The molecule has 1 fully saturated rings. The number of benzene rings is 2. The molecule has 0 radical (unpaired) electrons. The summed E-state index contributed by atoms with van der Waals surface area (Å²) in [5.74, 6) is 0.847. The van der Waals surface area contributed by atoms with Crippen LogP contribution in [0.1, 0.15) is 36.0 Å². The molecule has 3 aromatic rings. The standard InChI is InChI=1S/C26H34N6O5S2/c1-18-8-9-22(15-24(18)39(35,36)28-12-5-13-37-3)31-26-27-16-19(2)25(32-26)30-21-7-4-6-20(14-21)17-29-38(33,34)23-10-11-23/h4,6-9,14-16,23,28-29H,5,10-13,17H2,1-3H3,(H2,27,30,31,32). The predicted octanol–water partition coefficient (Wildman–Crippen LogP) is 3.48. The third-order valence-corrected chi connectivity index (χ3v) is 9.65. The number of nitrogens with zero attached hydrogens (tertiary/aromatic N) is 2. The van der Waals surface area contributed by atoms with Crippen LogP contribution in [-0.4, -0.2) is 52.3 Å². The molecule has 2 aromatic carbocycles. The first kappa shape index (κ1) is 28.9. The van der Waals surface area contributed by atoms with Gasteiger partial charge in [0.2, 0.25) is 26.0 Å². The zero-order valence-electron chi connectivity index (χ0n) is 22.2. The van der Waals surface area contributed by atoms with Crippen molar-refractivity contribution < 1.29 is 21.6 Å². The molecule has 1 saturated carbocycles. The summed E-state index contributed by atoms with van der Waals surface area (Å²) in [4.78, 5) is 9.08. The molecule has 13 heteroatoms. The lowest BCUT2D eigenvalue weighted by Crippen LogP contribution is -2.26. The zero-order valence-corrected chi connectivity index (χ0v) is 23.8. The minimum Gasteiger partial charge on any atom is -0.385 e. The van der Waals surface area contributed by atoms with E-state index in [4.69, 9.17) is 4.74 Å². The SMILES string of the molecule is COCCCNS(=O)(=O)c1cc(Nc2ncc(C)c(Nc3cccc(CNS(=O)(=O)C4CC4)c3)n2)ccc1C. The van der Waals surface area contributed by atoms with Crippen LogP contribution in [-0.2, 0) is 31.3 Å². The Morgan fingerprint density at radius 1 is 0.949 bits per heavy atom. The zero-order chi connectivity index (χ0) is 28.0. The van der Waals surface area contributed by atoms with Crippen LogP contribution in [0.5, 0.6) is 0 Å². The van der Waals surface area contributed by atoms with Crippen LogP contribution in [0.15, 0.2) is 53.6 Å². The van der Waals surface area contributed by atoms with Gasteiger partial charge in [-0.25, -0.2) is 31.3 Å². The molecule has 0 bridgehead atoms. The van der Waals surface area contributed by atoms with Crippen molar-refractivity contribution >= 4 is 43.2 Å². The summed E-state index contributed by atoms with van der Waals surface area (Å²) in [6, 6.07) is 12.5.